The zero-order valence-electron chi connectivity index (χ0n) is 32.6. The third-order valence-electron chi connectivity index (χ3n) is 10.1. The van der Waals surface area contributed by atoms with Crippen molar-refractivity contribution in [1.82, 2.24) is 39.5 Å². The van der Waals surface area contributed by atoms with Crippen LogP contribution in [0, 0.1) is 5.41 Å². The molecule has 0 unspecified atom stereocenters. The maximum absolute atomic E-state index is 12.8. The van der Waals surface area contributed by atoms with E-state index in [0.717, 1.165) is 12.8 Å². The number of aliphatic hydroxyl groups excluding tert-OH is 4. The van der Waals surface area contributed by atoms with E-state index in [9.17, 15) is 30.0 Å². The van der Waals surface area contributed by atoms with Crippen LogP contribution in [0.15, 0.2) is 17.6 Å². The molecular formula is C35H59N11O9. The van der Waals surface area contributed by atoms with Gasteiger partial charge in [0.2, 0.25) is 5.96 Å². The molecule has 3 amide bonds. The number of hydrogen-bond donors (Lipinski definition) is 7. The number of rotatable bonds is 15. The van der Waals surface area contributed by atoms with Gasteiger partial charge < -0.3 is 61.2 Å². The summed E-state index contributed by atoms with van der Waals surface area (Å²) in [5.41, 5.74) is 11.9. The van der Waals surface area contributed by atoms with Crippen LogP contribution in [0.3, 0.4) is 0 Å². The number of aliphatic hydroxyl groups is 4. The summed E-state index contributed by atoms with van der Waals surface area (Å²) < 4.78 is 19.1. The summed E-state index contributed by atoms with van der Waals surface area (Å²) >= 11 is 0. The van der Waals surface area contributed by atoms with Gasteiger partial charge in [-0.25, -0.2) is 24.5 Å². The van der Waals surface area contributed by atoms with Crippen molar-refractivity contribution < 1.29 is 44.2 Å². The minimum atomic E-state index is -1.27. The fourth-order valence-corrected chi connectivity index (χ4v) is 7.03. The first-order valence-electron chi connectivity index (χ1n) is 18.9. The number of nitrogens with zero attached hydrogens (tertiary/aromatic N) is 8. The molecule has 3 aliphatic rings. The van der Waals surface area contributed by atoms with Gasteiger partial charge in [-0.15, -0.1) is 0 Å². The Labute approximate surface area is 320 Å². The van der Waals surface area contributed by atoms with Gasteiger partial charge in [-0.1, -0.05) is 27.2 Å². The summed E-state index contributed by atoms with van der Waals surface area (Å²) in [6, 6.07) is -0.804. The average molecular weight is 778 g/mol. The van der Waals surface area contributed by atoms with Gasteiger partial charge in [0, 0.05) is 32.1 Å². The van der Waals surface area contributed by atoms with E-state index >= 15 is 0 Å². The lowest BCUT2D eigenvalue weighted by Gasteiger charge is -2.37. The maximum atomic E-state index is 12.8. The van der Waals surface area contributed by atoms with Crippen molar-refractivity contribution >= 4 is 35.1 Å². The van der Waals surface area contributed by atoms with Crippen molar-refractivity contribution in [3.63, 3.8) is 0 Å². The molecule has 5 heterocycles. The van der Waals surface area contributed by atoms with E-state index in [0.29, 0.717) is 43.6 Å². The Balaban J connectivity index is 1.22. The molecule has 20 nitrogen and oxygen atoms in total. The monoisotopic (exact) mass is 777 g/mol. The highest BCUT2D eigenvalue weighted by Gasteiger charge is 2.45. The average Bonchev–Trinajstić information content (AvgIpc) is 3.77. The minimum Gasteiger partial charge on any atom is -0.444 e. The molecule has 8 atom stereocenters. The van der Waals surface area contributed by atoms with Crippen LogP contribution < -0.4 is 16.8 Å². The molecule has 3 aliphatic heterocycles. The molecule has 0 radical (unpaired) electrons. The van der Waals surface area contributed by atoms with Crippen molar-refractivity contribution in [3.8, 4) is 0 Å². The van der Waals surface area contributed by atoms with Gasteiger partial charge in [0.05, 0.1) is 19.0 Å². The van der Waals surface area contributed by atoms with Gasteiger partial charge in [-0.05, 0) is 52.0 Å². The molecule has 0 aliphatic carbocycles. The number of guanidine groups is 1. The zero-order chi connectivity index (χ0) is 40.2. The van der Waals surface area contributed by atoms with Gasteiger partial charge in [0.15, 0.2) is 17.7 Å². The number of urea groups is 1. The second kappa shape index (κ2) is 17.5. The Morgan fingerprint density at radius 2 is 1.78 bits per heavy atom. The summed E-state index contributed by atoms with van der Waals surface area (Å²) in [5, 5.41) is 45.0. The second-order valence-corrected chi connectivity index (χ2v) is 16.6. The predicted octanol–water partition coefficient (Wildman–Crippen LogP) is 0.308. The van der Waals surface area contributed by atoms with E-state index in [1.165, 1.54) is 17.6 Å². The highest BCUT2D eigenvalue weighted by molar-refractivity contribution is 5.93. The summed E-state index contributed by atoms with van der Waals surface area (Å²) in [6.45, 7) is 13.3. The first kappa shape index (κ1) is 42.2. The van der Waals surface area contributed by atoms with E-state index < -0.39 is 60.7 Å². The number of imidazole rings is 1. The third kappa shape index (κ3) is 10.5. The Bertz CT molecular complexity index is 1650. The van der Waals surface area contributed by atoms with E-state index in [1.807, 2.05) is 41.5 Å². The molecule has 308 valence electrons. The van der Waals surface area contributed by atoms with Crippen LogP contribution in [-0.2, 0) is 14.2 Å². The molecule has 2 fully saturated rings. The number of carbonyl (C=O) groups excluding carboxylic acids is 2. The molecular weight excluding hydrogens is 718 g/mol. The smallest absolute Gasteiger partial charge is 0.407 e. The van der Waals surface area contributed by atoms with Crippen LogP contribution in [-0.4, -0.2) is 161 Å². The molecule has 2 saturated heterocycles. The van der Waals surface area contributed by atoms with Gasteiger partial charge in [0.1, 0.15) is 54.8 Å². The number of nitrogen functional groups attached to an aromatic ring is 1. The summed E-state index contributed by atoms with van der Waals surface area (Å²) in [4.78, 5) is 47.3. The lowest BCUT2D eigenvalue weighted by Crippen LogP contribution is -2.54. The highest BCUT2D eigenvalue weighted by Crippen LogP contribution is 2.33. The Morgan fingerprint density at radius 1 is 1.04 bits per heavy atom. The fourth-order valence-electron chi connectivity index (χ4n) is 7.03. The summed E-state index contributed by atoms with van der Waals surface area (Å²) in [6.07, 6.45) is -1.37. The molecule has 0 spiro atoms. The van der Waals surface area contributed by atoms with Crippen LogP contribution in [0.25, 0.3) is 11.2 Å². The molecule has 55 heavy (non-hydrogen) atoms. The molecule has 2 aromatic heterocycles. The zero-order valence-corrected chi connectivity index (χ0v) is 32.6. The molecule has 0 bridgehead atoms. The largest absolute Gasteiger partial charge is 0.444 e. The first-order chi connectivity index (χ1) is 25.9. The number of fused-ring (bicyclic) bond motifs is 1. The Kier molecular flexibility index (Phi) is 13.4. The number of ether oxygens (including phenoxy) is 3. The lowest BCUT2D eigenvalue weighted by atomic mass is 9.84. The van der Waals surface area contributed by atoms with E-state index in [1.54, 1.807) is 9.47 Å². The highest BCUT2D eigenvalue weighted by atomic mass is 16.6. The normalized spacial score (nSPS) is 26.9. The topological polar surface area (TPSA) is 272 Å². The number of aliphatic imine (C=N–C) groups is 1. The summed E-state index contributed by atoms with van der Waals surface area (Å²) in [7, 11) is 0. The third-order valence-corrected chi connectivity index (χ3v) is 10.1. The molecule has 9 N–H and O–H groups in total. The number of alkyl carbamates (subject to hydrolysis) is 1. The van der Waals surface area contributed by atoms with Crippen molar-refractivity contribution in [1.29, 1.82) is 0 Å². The fraction of sp³-hybridized carbons (Fsp3) is 0.771. The van der Waals surface area contributed by atoms with Gasteiger partial charge >= 0.3 is 12.1 Å². The molecule has 0 aromatic carbocycles. The number of aromatic nitrogens is 4. The standard InChI is InChI=1S/C35H59N11O9/c1-34(2,3)23(41-33(52)55-35(4,5)6)10-13-43(15-21-26(49)27(50)30(54-21)45-18-40-25-28(36)38-17-39-29(25)45)11-8-7-9-12-44-19-46(32(51)42-31(44)37)24-14-20(48)22(16-47)53-24/h17-18,20-24,26-27,30,47-50H,7-16,19H2,1-6H3,(H,41,52)(H2,36,38,39)(H2,37,42,51)/t20-,21+,22+,23-,24+,26+,27+,30+/m0/s1. The van der Waals surface area contributed by atoms with Crippen LogP contribution in [0.2, 0.25) is 0 Å². The molecule has 0 saturated carbocycles. The number of carbonyl (C=O) groups is 2. The quantitative estimate of drug-likeness (QED) is 0.120. The van der Waals surface area contributed by atoms with Gasteiger partial charge in [0.25, 0.3) is 0 Å². The van der Waals surface area contributed by atoms with Crippen LogP contribution in [0.1, 0.15) is 79.9 Å². The minimum absolute atomic E-state index is 0.103. The number of nitrogens with two attached hydrogens (primary N) is 2. The number of unbranched alkanes of at least 4 members (excludes halogenated alkanes) is 2. The van der Waals surface area contributed by atoms with E-state index in [2.05, 4.69) is 30.2 Å². The van der Waals surface area contributed by atoms with Crippen molar-refractivity contribution in [2.45, 2.75) is 128 Å². The van der Waals surface area contributed by atoms with Crippen molar-refractivity contribution in [2.24, 2.45) is 16.1 Å². The lowest BCUT2D eigenvalue weighted by molar-refractivity contribution is -0.0714. The number of nitrogens with one attached hydrogen (secondary N) is 1. The second-order valence-electron chi connectivity index (χ2n) is 16.6. The molecule has 2 aromatic rings. The van der Waals surface area contributed by atoms with Crippen LogP contribution in [0.4, 0.5) is 15.4 Å². The number of anilines is 1. The van der Waals surface area contributed by atoms with Crippen LogP contribution >= 0.6 is 0 Å². The van der Waals surface area contributed by atoms with E-state index in [-0.39, 0.29) is 49.5 Å². The van der Waals surface area contributed by atoms with Crippen molar-refractivity contribution in [3.05, 3.63) is 12.7 Å². The summed E-state index contributed by atoms with van der Waals surface area (Å²) in [5.74, 6) is 0.291. The Hall–Kier alpha value is -3.92. The SMILES string of the molecule is CC(C)(C)OC(=O)N[C@@H](CCN(CCCCCN1CN([C@H]2C[C@H](O)[C@@H](CO)O2)C(=O)N=C1N)C[C@H]1O[C@@H](n2cnc3c(N)ncnc32)[C@H](O)[C@@H]1O)C(C)(C)C. The molecule has 20 heteroatoms. The van der Waals surface area contributed by atoms with E-state index in [4.69, 9.17) is 25.7 Å². The Morgan fingerprint density at radius 3 is 2.45 bits per heavy atom. The maximum Gasteiger partial charge on any atom is 0.407 e. The molecule has 5 rings (SSSR count). The number of amides is 3. The van der Waals surface area contributed by atoms with Crippen molar-refractivity contribution in [2.75, 3.05) is 45.2 Å². The first-order valence-corrected chi connectivity index (χ1v) is 18.9. The van der Waals surface area contributed by atoms with Crippen LogP contribution in [0.5, 0.6) is 0 Å². The van der Waals surface area contributed by atoms with Gasteiger partial charge in [-0.2, -0.15) is 4.99 Å². The predicted molar refractivity (Wildman–Crippen MR) is 200 cm³/mol. The van der Waals surface area contributed by atoms with Gasteiger partial charge in [-0.3, -0.25) is 9.47 Å². The number of hydrogen-bond acceptors (Lipinski definition) is 16.